The molecule has 3 nitrogen and oxygen atoms in total. The van der Waals surface area contributed by atoms with Crippen molar-refractivity contribution >= 4 is 16.8 Å². The molecule has 2 aromatic rings. The monoisotopic (exact) mass is 344 g/mol. The molecule has 0 unspecified atom stereocenters. The van der Waals surface area contributed by atoms with Crippen molar-refractivity contribution in [2.24, 2.45) is 5.41 Å². The highest BCUT2D eigenvalue weighted by Crippen LogP contribution is 2.43. The van der Waals surface area contributed by atoms with Crippen LogP contribution >= 0.6 is 0 Å². The molecule has 2 aliphatic rings. The summed E-state index contributed by atoms with van der Waals surface area (Å²) >= 11 is 0. The molecule has 1 atom stereocenters. The number of rotatable bonds is 2. The lowest BCUT2D eigenvalue weighted by molar-refractivity contribution is 0.0931. The van der Waals surface area contributed by atoms with Gasteiger partial charge in [0, 0.05) is 17.5 Å². The molecule has 1 saturated carbocycles. The van der Waals surface area contributed by atoms with Crippen LogP contribution < -0.4 is 5.32 Å². The van der Waals surface area contributed by atoms with Crippen molar-refractivity contribution in [3.63, 3.8) is 0 Å². The third-order valence-electron chi connectivity index (χ3n) is 5.70. The van der Waals surface area contributed by atoms with Crippen molar-refractivity contribution in [3.8, 4) is 0 Å². The number of nitrogens with one attached hydrogen (secondary N) is 2. The Hall–Kier alpha value is -2.17. The number of aromatic nitrogens is 1. The van der Waals surface area contributed by atoms with Gasteiger partial charge in [-0.1, -0.05) is 31.4 Å². The van der Waals surface area contributed by atoms with E-state index in [1.165, 1.54) is 44.2 Å². The molecular formula is C20H22F2N2O. The number of allylic oxidation sites excluding steroid dienone is 1. The molecule has 132 valence electrons. The molecule has 1 fully saturated rings. The molecule has 0 aliphatic heterocycles. The molecule has 5 heteroatoms. The standard InChI is InChI=1S/C20H22F2N2O/c21-13-10-16(22)15-12-18(24-17(15)11-13)19(25)23-14-4-8-20(9-5-14)6-2-1-3-7-20/h4,8,10-12,14,24H,1-3,5-7,9H2,(H,23,25)/t14-/m1/s1. The molecular weight excluding hydrogens is 322 g/mol. The van der Waals surface area contributed by atoms with Gasteiger partial charge >= 0.3 is 0 Å². The fraction of sp³-hybridized carbons (Fsp3) is 0.450. The second kappa shape index (κ2) is 6.28. The average molecular weight is 344 g/mol. The molecule has 1 aromatic carbocycles. The van der Waals surface area contributed by atoms with Gasteiger partial charge in [0.05, 0.1) is 5.52 Å². The van der Waals surface area contributed by atoms with Gasteiger partial charge in [0.2, 0.25) is 0 Å². The molecule has 2 N–H and O–H groups in total. The Kier molecular flexibility index (Phi) is 4.10. The van der Waals surface area contributed by atoms with Gasteiger partial charge in [-0.15, -0.1) is 0 Å². The lowest BCUT2D eigenvalue weighted by atomic mass is 9.68. The highest BCUT2D eigenvalue weighted by atomic mass is 19.1. The predicted octanol–water partition coefficient (Wildman–Crippen LogP) is 4.85. The van der Waals surface area contributed by atoms with Crippen LogP contribution in [-0.4, -0.2) is 16.9 Å². The van der Waals surface area contributed by atoms with Crippen LogP contribution in [0.15, 0.2) is 30.4 Å². The van der Waals surface area contributed by atoms with Crippen LogP contribution in [0.3, 0.4) is 0 Å². The molecule has 1 amide bonds. The largest absolute Gasteiger partial charge is 0.350 e. The fourth-order valence-electron chi connectivity index (χ4n) is 4.26. The van der Waals surface area contributed by atoms with Crippen LogP contribution in [0.2, 0.25) is 0 Å². The van der Waals surface area contributed by atoms with E-state index in [2.05, 4.69) is 22.5 Å². The van der Waals surface area contributed by atoms with E-state index in [1.54, 1.807) is 0 Å². The smallest absolute Gasteiger partial charge is 0.268 e. The maximum atomic E-state index is 13.8. The van der Waals surface area contributed by atoms with E-state index in [0.29, 0.717) is 10.9 Å². The van der Waals surface area contributed by atoms with E-state index < -0.39 is 11.6 Å². The van der Waals surface area contributed by atoms with Gasteiger partial charge in [0.25, 0.3) is 5.91 Å². The van der Waals surface area contributed by atoms with Crippen molar-refractivity contribution in [2.45, 2.75) is 51.0 Å². The summed E-state index contributed by atoms with van der Waals surface area (Å²) in [6.07, 6.45) is 12.8. The van der Waals surface area contributed by atoms with Gasteiger partial charge in [0.15, 0.2) is 0 Å². The van der Waals surface area contributed by atoms with Crippen molar-refractivity contribution in [2.75, 3.05) is 0 Å². The zero-order valence-electron chi connectivity index (χ0n) is 14.1. The average Bonchev–Trinajstić information content (AvgIpc) is 3.02. The first-order valence-corrected chi connectivity index (χ1v) is 9.03. The third kappa shape index (κ3) is 3.20. The summed E-state index contributed by atoms with van der Waals surface area (Å²) in [4.78, 5) is 15.3. The molecule has 1 heterocycles. The van der Waals surface area contributed by atoms with Crippen LogP contribution in [0.1, 0.15) is 55.4 Å². The number of fused-ring (bicyclic) bond motifs is 1. The van der Waals surface area contributed by atoms with Gasteiger partial charge in [-0.2, -0.15) is 0 Å². The molecule has 1 aromatic heterocycles. The van der Waals surface area contributed by atoms with Gasteiger partial charge in [0.1, 0.15) is 17.3 Å². The number of aromatic amines is 1. The molecule has 2 aliphatic carbocycles. The van der Waals surface area contributed by atoms with E-state index in [-0.39, 0.29) is 23.0 Å². The number of benzene rings is 1. The minimum atomic E-state index is -0.665. The molecule has 4 rings (SSSR count). The number of amides is 1. The Labute approximate surface area is 145 Å². The Morgan fingerprint density at radius 2 is 1.92 bits per heavy atom. The summed E-state index contributed by atoms with van der Waals surface area (Å²) in [6.45, 7) is 0. The lowest BCUT2D eigenvalue weighted by Gasteiger charge is -2.38. The molecule has 0 bridgehead atoms. The van der Waals surface area contributed by atoms with Crippen molar-refractivity contribution < 1.29 is 13.6 Å². The third-order valence-corrected chi connectivity index (χ3v) is 5.70. The van der Waals surface area contributed by atoms with E-state index in [9.17, 15) is 13.6 Å². The number of halogens is 2. The maximum absolute atomic E-state index is 13.8. The number of H-pyrrole nitrogens is 1. The van der Waals surface area contributed by atoms with Crippen molar-refractivity contribution in [1.29, 1.82) is 0 Å². The summed E-state index contributed by atoms with van der Waals surface area (Å²) in [5, 5.41) is 3.21. The topological polar surface area (TPSA) is 44.9 Å². The second-order valence-electron chi connectivity index (χ2n) is 7.43. The minimum absolute atomic E-state index is 0.00644. The molecule has 0 radical (unpaired) electrons. The summed E-state index contributed by atoms with van der Waals surface area (Å²) in [7, 11) is 0. The van der Waals surface area contributed by atoms with E-state index in [0.717, 1.165) is 18.9 Å². The Balaban J connectivity index is 1.47. The van der Waals surface area contributed by atoms with Crippen molar-refractivity contribution in [1.82, 2.24) is 10.3 Å². The minimum Gasteiger partial charge on any atom is -0.350 e. The van der Waals surface area contributed by atoms with Crippen molar-refractivity contribution in [3.05, 3.63) is 47.7 Å². The summed E-state index contributed by atoms with van der Waals surface area (Å²) in [6, 6.07) is 3.45. The van der Waals surface area contributed by atoms with E-state index in [4.69, 9.17) is 0 Å². The van der Waals surface area contributed by atoms with Gasteiger partial charge in [-0.25, -0.2) is 8.78 Å². The first-order chi connectivity index (χ1) is 12.0. The molecule has 0 saturated heterocycles. The van der Waals surface area contributed by atoms with Crippen LogP contribution in [0.5, 0.6) is 0 Å². The van der Waals surface area contributed by atoms with Gasteiger partial charge in [-0.05, 0) is 43.2 Å². The van der Waals surface area contributed by atoms with E-state index in [1.807, 2.05) is 0 Å². The highest BCUT2D eigenvalue weighted by Gasteiger charge is 2.32. The van der Waals surface area contributed by atoms with Crippen LogP contribution in [-0.2, 0) is 0 Å². The first-order valence-electron chi connectivity index (χ1n) is 9.03. The Bertz CT molecular complexity index is 834. The Morgan fingerprint density at radius 3 is 2.64 bits per heavy atom. The van der Waals surface area contributed by atoms with Crippen LogP contribution in [0, 0.1) is 17.0 Å². The molecule has 1 spiro atoms. The number of hydrogen-bond acceptors (Lipinski definition) is 1. The normalized spacial score (nSPS) is 22.4. The lowest BCUT2D eigenvalue weighted by Crippen LogP contribution is -2.38. The zero-order valence-corrected chi connectivity index (χ0v) is 14.1. The number of carbonyl (C=O) groups is 1. The highest BCUT2D eigenvalue weighted by molar-refractivity contribution is 5.98. The molecule has 25 heavy (non-hydrogen) atoms. The van der Waals surface area contributed by atoms with Crippen LogP contribution in [0.4, 0.5) is 8.78 Å². The number of carbonyl (C=O) groups excluding carboxylic acids is 1. The van der Waals surface area contributed by atoms with Gasteiger partial charge < -0.3 is 10.3 Å². The second-order valence-corrected chi connectivity index (χ2v) is 7.43. The summed E-state index contributed by atoms with van der Waals surface area (Å²) in [5.41, 5.74) is 0.884. The quantitative estimate of drug-likeness (QED) is 0.752. The first kappa shape index (κ1) is 16.3. The predicted molar refractivity (Wildman–Crippen MR) is 93.4 cm³/mol. The zero-order chi connectivity index (χ0) is 17.4. The van der Waals surface area contributed by atoms with E-state index >= 15 is 0 Å². The SMILES string of the molecule is O=C(N[C@@H]1C=CC2(CCCCC2)CC1)c1cc2c(F)cc(F)cc2[nH]1. The maximum Gasteiger partial charge on any atom is 0.268 e. The number of hydrogen-bond donors (Lipinski definition) is 2. The summed E-state index contributed by atoms with van der Waals surface area (Å²) < 4.78 is 27.1. The Morgan fingerprint density at radius 1 is 1.12 bits per heavy atom. The summed E-state index contributed by atoms with van der Waals surface area (Å²) in [5.74, 6) is -1.61. The van der Waals surface area contributed by atoms with Gasteiger partial charge in [-0.3, -0.25) is 4.79 Å². The van der Waals surface area contributed by atoms with Crippen LogP contribution in [0.25, 0.3) is 10.9 Å². The fourth-order valence-corrected chi connectivity index (χ4v) is 4.26.